The zero-order chi connectivity index (χ0) is 26.0. The number of carboxylic acid groups (broad SMARTS) is 1. The zero-order valence-electron chi connectivity index (χ0n) is 19.9. The fraction of sp³-hybridized carbons (Fsp3) is 0.250. The van der Waals surface area contributed by atoms with Gasteiger partial charge in [0.1, 0.15) is 17.7 Å². The van der Waals surface area contributed by atoms with Crippen LogP contribution in [-0.4, -0.2) is 25.6 Å². The number of carboxylic acids is 1. The molecule has 4 rings (SSSR count). The molecule has 3 aromatic rings. The number of hydrogen-bond donors (Lipinski definition) is 1. The number of aryl methyl sites for hydroxylation is 1. The number of allylic oxidation sites excluding steroid dienone is 1. The van der Waals surface area contributed by atoms with E-state index in [0.717, 1.165) is 5.56 Å². The van der Waals surface area contributed by atoms with E-state index >= 15 is 0 Å². The topological polar surface area (TPSA) is 80.7 Å². The van der Waals surface area contributed by atoms with E-state index in [0.29, 0.717) is 22.4 Å². The van der Waals surface area contributed by atoms with Gasteiger partial charge in [-0.1, -0.05) is 41.9 Å². The van der Waals surface area contributed by atoms with Crippen molar-refractivity contribution in [3.63, 3.8) is 0 Å². The minimum Gasteiger partial charge on any atom is -0.490 e. The molecule has 0 saturated carbocycles. The molecule has 1 N–H and O–H groups in total. The molecule has 36 heavy (non-hydrogen) atoms. The summed E-state index contributed by atoms with van der Waals surface area (Å²) >= 11 is 6.22. The number of benzene rings is 3. The molecule has 1 aliphatic rings. The summed E-state index contributed by atoms with van der Waals surface area (Å²) in [4.78, 5) is 11.3. The fourth-order valence-electron chi connectivity index (χ4n) is 4.52. The number of halogens is 2. The molecular weight excluding hydrogens is 503 g/mol. The van der Waals surface area contributed by atoms with Gasteiger partial charge in [0.2, 0.25) is 0 Å². The molecule has 0 radical (unpaired) electrons. The highest BCUT2D eigenvalue weighted by Crippen LogP contribution is 2.44. The van der Waals surface area contributed by atoms with Crippen molar-refractivity contribution in [3.05, 3.63) is 93.8 Å². The molecule has 0 fully saturated rings. The minimum absolute atomic E-state index is 0.124. The third kappa shape index (κ3) is 5.47. The lowest BCUT2D eigenvalue weighted by atomic mass is 9.96. The molecule has 0 saturated heterocycles. The molecule has 2 unspecified atom stereocenters. The predicted molar refractivity (Wildman–Crippen MR) is 138 cm³/mol. The summed E-state index contributed by atoms with van der Waals surface area (Å²) in [6, 6.07) is 16.4. The second kappa shape index (κ2) is 10.4. The van der Waals surface area contributed by atoms with E-state index in [1.165, 1.54) is 12.1 Å². The van der Waals surface area contributed by atoms with Gasteiger partial charge in [-0.25, -0.2) is 12.8 Å². The Kier molecular flexibility index (Phi) is 7.52. The van der Waals surface area contributed by atoms with Gasteiger partial charge in [0.25, 0.3) is 0 Å². The Hall–Kier alpha value is -3.16. The molecule has 0 aromatic heterocycles. The third-order valence-electron chi connectivity index (χ3n) is 6.26. The zero-order valence-corrected chi connectivity index (χ0v) is 21.4. The maximum atomic E-state index is 14.4. The smallest absolute Gasteiger partial charge is 0.303 e. The van der Waals surface area contributed by atoms with Gasteiger partial charge in [0.05, 0.1) is 15.2 Å². The Bertz CT molecular complexity index is 1430. The molecule has 1 aliphatic heterocycles. The highest BCUT2D eigenvalue weighted by molar-refractivity contribution is 7.91. The first-order valence-corrected chi connectivity index (χ1v) is 13.4. The first kappa shape index (κ1) is 25.9. The second-order valence-corrected chi connectivity index (χ2v) is 11.5. The van der Waals surface area contributed by atoms with Crippen LogP contribution in [0.15, 0.2) is 65.6 Å². The van der Waals surface area contributed by atoms with Crippen LogP contribution in [0.2, 0.25) is 5.02 Å². The molecule has 0 amide bonds. The van der Waals surface area contributed by atoms with Crippen molar-refractivity contribution in [2.75, 3.05) is 0 Å². The first-order valence-electron chi connectivity index (χ1n) is 11.5. The summed E-state index contributed by atoms with van der Waals surface area (Å²) in [5, 5.41) is 8.47. The van der Waals surface area contributed by atoms with Crippen LogP contribution in [0.1, 0.15) is 53.7 Å². The summed E-state index contributed by atoms with van der Waals surface area (Å²) in [7, 11) is -3.81. The Balaban J connectivity index is 1.78. The SMILES string of the molecule is C/C(=C\c1ccc2c(c1)C(S(=O)(=O)c1cccc(C)c1)CC(CCC(=O)O)O2)c1c(F)cccc1Cl. The number of ether oxygens (including phenoxy) is 1. The van der Waals surface area contributed by atoms with Crippen LogP contribution in [0.25, 0.3) is 11.6 Å². The van der Waals surface area contributed by atoms with Crippen molar-refractivity contribution >= 4 is 39.1 Å². The van der Waals surface area contributed by atoms with Gasteiger partial charge >= 0.3 is 5.97 Å². The van der Waals surface area contributed by atoms with Crippen LogP contribution in [-0.2, 0) is 14.6 Å². The maximum Gasteiger partial charge on any atom is 0.303 e. The van der Waals surface area contributed by atoms with Crippen molar-refractivity contribution in [1.29, 1.82) is 0 Å². The Labute approximate surface area is 215 Å². The molecule has 8 heteroatoms. The normalized spacial score (nSPS) is 17.8. The van der Waals surface area contributed by atoms with Gasteiger partial charge in [0, 0.05) is 24.0 Å². The standard InChI is InChI=1S/C28H26ClFO5S/c1-17-5-3-6-21(13-17)36(33,34)26-16-20(10-12-27(31)32)35-25-11-9-19(15-22(25)26)14-18(2)28-23(29)7-4-8-24(28)30/h3-9,11,13-15,20,26H,10,12,16H2,1-2H3,(H,31,32)/b18-14+. The van der Waals surface area contributed by atoms with Gasteiger partial charge in [-0.15, -0.1) is 0 Å². The van der Waals surface area contributed by atoms with Crippen LogP contribution >= 0.6 is 11.6 Å². The number of sulfone groups is 1. The number of carbonyl (C=O) groups is 1. The van der Waals surface area contributed by atoms with Gasteiger partial charge in [-0.2, -0.15) is 0 Å². The lowest BCUT2D eigenvalue weighted by Gasteiger charge is -2.32. The number of fused-ring (bicyclic) bond motifs is 1. The van der Waals surface area contributed by atoms with E-state index in [1.54, 1.807) is 55.5 Å². The van der Waals surface area contributed by atoms with E-state index in [4.69, 9.17) is 21.4 Å². The molecule has 1 heterocycles. The van der Waals surface area contributed by atoms with Crippen molar-refractivity contribution in [2.24, 2.45) is 0 Å². The largest absolute Gasteiger partial charge is 0.490 e. The van der Waals surface area contributed by atoms with Crippen molar-refractivity contribution in [1.82, 2.24) is 0 Å². The lowest BCUT2D eigenvalue weighted by molar-refractivity contribution is -0.137. The van der Waals surface area contributed by atoms with E-state index < -0.39 is 33.0 Å². The summed E-state index contributed by atoms with van der Waals surface area (Å²) in [6.45, 7) is 3.56. The van der Waals surface area contributed by atoms with Crippen LogP contribution in [0.5, 0.6) is 5.75 Å². The van der Waals surface area contributed by atoms with Crippen LogP contribution in [0.3, 0.4) is 0 Å². The number of hydrogen-bond acceptors (Lipinski definition) is 4. The molecular formula is C28H26ClFO5S. The van der Waals surface area contributed by atoms with E-state index in [1.807, 2.05) is 13.0 Å². The first-order chi connectivity index (χ1) is 17.1. The van der Waals surface area contributed by atoms with Crippen molar-refractivity contribution in [2.45, 2.75) is 49.4 Å². The monoisotopic (exact) mass is 528 g/mol. The van der Waals surface area contributed by atoms with Gasteiger partial charge < -0.3 is 9.84 Å². The molecule has 0 bridgehead atoms. The third-order valence-corrected chi connectivity index (χ3v) is 8.69. The quantitative estimate of drug-likeness (QED) is 0.338. The summed E-state index contributed by atoms with van der Waals surface area (Å²) in [5.41, 5.74) is 2.85. The molecule has 0 aliphatic carbocycles. The fourth-order valence-corrected chi connectivity index (χ4v) is 6.76. The minimum atomic E-state index is -3.81. The van der Waals surface area contributed by atoms with Gasteiger partial charge in [-0.3, -0.25) is 4.79 Å². The maximum absolute atomic E-state index is 14.4. The number of aliphatic carboxylic acids is 1. The van der Waals surface area contributed by atoms with Crippen LogP contribution in [0, 0.1) is 12.7 Å². The summed E-state index contributed by atoms with van der Waals surface area (Å²) in [6.07, 6.45) is 1.39. The van der Waals surface area contributed by atoms with E-state index in [9.17, 15) is 17.6 Å². The van der Waals surface area contributed by atoms with Crippen LogP contribution in [0.4, 0.5) is 4.39 Å². The van der Waals surface area contributed by atoms with E-state index in [-0.39, 0.29) is 34.7 Å². The molecule has 188 valence electrons. The average Bonchev–Trinajstić information content (AvgIpc) is 2.82. The van der Waals surface area contributed by atoms with Gasteiger partial charge in [0.15, 0.2) is 9.84 Å². The van der Waals surface area contributed by atoms with Crippen LogP contribution < -0.4 is 4.74 Å². The molecule has 3 aromatic carbocycles. The second-order valence-electron chi connectivity index (χ2n) is 8.98. The lowest BCUT2D eigenvalue weighted by Crippen LogP contribution is -2.30. The Morgan fingerprint density at radius 2 is 1.92 bits per heavy atom. The highest BCUT2D eigenvalue weighted by Gasteiger charge is 2.38. The van der Waals surface area contributed by atoms with Crippen molar-refractivity contribution < 1.29 is 27.4 Å². The average molecular weight is 529 g/mol. The Morgan fingerprint density at radius 1 is 1.17 bits per heavy atom. The van der Waals surface area contributed by atoms with Gasteiger partial charge in [-0.05, 0) is 73.4 Å². The molecule has 2 atom stereocenters. The summed E-state index contributed by atoms with van der Waals surface area (Å²) in [5.74, 6) is -1.01. The highest BCUT2D eigenvalue weighted by atomic mass is 35.5. The predicted octanol–water partition coefficient (Wildman–Crippen LogP) is 6.88. The van der Waals surface area contributed by atoms with E-state index in [2.05, 4.69) is 0 Å². The molecule has 0 spiro atoms. The summed E-state index contributed by atoms with van der Waals surface area (Å²) < 4.78 is 48.0. The Morgan fingerprint density at radius 3 is 2.61 bits per heavy atom. The number of rotatable bonds is 7. The molecule has 5 nitrogen and oxygen atoms in total. The van der Waals surface area contributed by atoms with Crippen molar-refractivity contribution in [3.8, 4) is 5.75 Å².